The lowest BCUT2D eigenvalue weighted by molar-refractivity contribution is -0.133. The fourth-order valence-electron chi connectivity index (χ4n) is 3.21. The molecular weight excluding hydrogens is 298 g/mol. The number of amides is 1. The smallest absolute Gasteiger partial charge is 0.244 e. The Morgan fingerprint density at radius 2 is 1.83 bits per heavy atom. The van der Waals surface area contributed by atoms with Gasteiger partial charge >= 0.3 is 0 Å². The first kappa shape index (κ1) is 16.5. The number of hydrogen-bond acceptors (Lipinski definition) is 3. The topological polar surface area (TPSA) is 58.4 Å². The molecule has 1 unspecified atom stereocenters. The standard InChI is InChI=1S/C20H25N3O/c1-15-6-5-9-18(14-15)22-17-10-12-23(13-11-17)20(24)19(21)16-7-3-2-4-8-16/h2-9,14,17,19,22H,10-13,21H2,1H3. The zero-order valence-corrected chi connectivity index (χ0v) is 14.1. The predicted octanol–water partition coefficient (Wildman–Crippen LogP) is 3.10. The molecule has 24 heavy (non-hydrogen) atoms. The molecule has 1 fully saturated rings. The van der Waals surface area contributed by atoms with Crippen LogP contribution in [0.5, 0.6) is 0 Å². The summed E-state index contributed by atoms with van der Waals surface area (Å²) in [6, 6.07) is 17.8. The highest BCUT2D eigenvalue weighted by atomic mass is 16.2. The minimum atomic E-state index is -0.563. The van der Waals surface area contributed by atoms with E-state index in [0.29, 0.717) is 6.04 Å². The quantitative estimate of drug-likeness (QED) is 0.909. The summed E-state index contributed by atoms with van der Waals surface area (Å²) >= 11 is 0. The van der Waals surface area contributed by atoms with Crippen molar-refractivity contribution in [2.24, 2.45) is 5.73 Å². The van der Waals surface area contributed by atoms with Gasteiger partial charge in [0.2, 0.25) is 5.91 Å². The number of likely N-dealkylation sites (tertiary alicyclic amines) is 1. The minimum absolute atomic E-state index is 0.0233. The monoisotopic (exact) mass is 323 g/mol. The zero-order valence-electron chi connectivity index (χ0n) is 14.1. The summed E-state index contributed by atoms with van der Waals surface area (Å²) in [4.78, 5) is 14.5. The van der Waals surface area contributed by atoms with E-state index >= 15 is 0 Å². The summed E-state index contributed by atoms with van der Waals surface area (Å²) in [7, 11) is 0. The Morgan fingerprint density at radius 1 is 1.12 bits per heavy atom. The molecule has 1 aliphatic rings. The average Bonchev–Trinajstić information content (AvgIpc) is 2.62. The molecule has 0 spiro atoms. The second kappa shape index (κ2) is 7.49. The number of aryl methyl sites for hydroxylation is 1. The number of nitrogens with two attached hydrogens (primary N) is 1. The zero-order chi connectivity index (χ0) is 16.9. The Bertz CT molecular complexity index is 678. The first-order valence-electron chi connectivity index (χ1n) is 8.56. The van der Waals surface area contributed by atoms with Crippen LogP contribution < -0.4 is 11.1 Å². The van der Waals surface area contributed by atoms with E-state index in [1.54, 1.807) is 0 Å². The number of nitrogens with zero attached hydrogens (tertiary/aromatic N) is 1. The lowest BCUT2D eigenvalue weighted by atomic mass is 10.0. The molecule has 1 heterocycles. The maximum atomic E-state index is 12.6. The summed E-state index contributed by atoms with van der Waals surface area (Å²) in [5, 5.41) is 3.57. The summed E-state index contributed by atoms with van der Waals surface area (Å²) in [6.07, 6.45) is 1.89. The highest BCUT2D eigenvalue weighted by Gasteiger charge is 2.27. The van der Waals surface area contributed by atoms with E-state index in [9.17, 15) is 4.79 Å². The van der Waals surface area contributed by atoms with Gasteiger partial charge in [-0.25, -0.2) is 0 Å². The molecule has 0 bridgehead atoms. The van der Waals surface area contributed by atoms with Crippen LogP contribution in [0.4, 0.5) is 5.69 Å². The number of piperidine rings is 1. The van der Waals surface area contributed by atoms with Gasteiger partial charge in [-0.2, -0.15) is 0 Å². The van der Waals surface area contributed by atoms with Crippen molar-refractivity contribution in [2.45, 2.75) is 31.8 Å². The van der Waals surface area contributed by atoms with Gasteiger partial charge in [-0.05, 0) is 43.0 Å². The fourth-order valence-corrected chi connectivity index (χ4v) is 3.21. The van der Waals surface area contributed by atoms with Crippen molar-refractivity contribution < 1.29 is 4.79 Å². The lowest BCUT2D eigenvalue weighted by Crippen LogP contribution is -2.45. The van der Waals surface area contributed by atoms with E-state index < -0.39 is 6.04 Å². The number of hydrogen-bond donors (Lipinski definition) is 2. The second-order valence-corrected chi connectivity index (χ2v) is 6.50. The Balaban J connectivity index is 1.54. The van der Waals surface area contributed by atoms with Crippen molar-refractivity contribution in [1.82, 2.24) is 4.90 Å². The first-order chi connectivity index (χ1) is 11.6. The molecule has 1 amide bonds. The molecule has 2 aromatic carbocycles. The maximum absolute atomic E-state index is 12.6. The van der Waals surface area contributed by atoms with Crippen molar-refractivity contribution in [3.05, 3.63) is 65.7 Å². The van der Waals surface area contributed by atoms with Gasteiger partial charge in [0.15, 0.2) is 0 Å². The van der Waals surface area contributed by atoms with Gasteiger partial charge in [0, 0.05) is 24.8 Å². The molecule has 0 saturated carbocycles. The number of rotatable bonds is 4. The van der Waals surface area contributed by atoms with Crippen LogP contribution in [-0.2, 0) is 4.79 Å². The number of anilines is 1. The summed E-state index contributed by atoms with van der Waals surface area (Å²) < 4.78 is 0. The van der Waals surface area contributed by atoms with Crippen LogP contribution in [0.1, 0.15) is 30.0 Å². The van der Waals surface area contributed by atoms with Crippen LogP contribution in [0, 0.1) is 6.92 Å². The van der Waals surface area contributed by atoms with Crippen LogP contribution in [-0.4, -0.2) is 29.9 Å². The van der Waals surface area contributed by atoms with Gasteiger partial charge in [0.05, 0.1) is 0 Å². The molecule has 0 aromatic heterocycles. The van der Waals surface area contributed by atoms with Gasteiger partial charge in [0.25, 0.3) is 0 Å². The van der Waals surface area contributed by atoms with Crippen molar-refractivity contribution in [3.63, 3.8) is 0 Å². The van der Waals surface area contributed by atoms with E-state index in [2.05, 4.69) is 36.5 Å². The SMILES string of the molecule is Cc1cccc(NC2CCN(C(=O)C(N)c3ccccc3)CC2)c1. The molecule has 2 aromatic rings. The van der Waals surface area contributed by atoms with Crippen LogP contribution in [0.2, 0.25) is 0 Å². The van der Waals surface area contributed by atoms with Crippen molar-refractivity contribution in [3.8, 4) is 0 Å². The summed E-state index contributed by atoms with van der Waals surface area (Å²) in [6.45, 7) is 3.60. The molecule has 126 valence electrons. The number of carbonyl (C=O) groups is 1. The van der Waals surface area contributed by atoms with Crippen molar-refractivity contribution >= 4 is 11.6 Å². The van der Waals surface area contributed by atoms with E-state index in [1.807, 2.05) is 35.2 Å². The first-order valence-corrected chi connectivity index (χ1v) is 8.56. The third-order valence-electron chi connectivity index (χ3n) is 4.62. The summed E-state index contributed by atoms with van der Waals surface area (Å²) in [5.74, 6) is 0.0233. The van der Waals surface area contributed by atoms with Crippen molar-refractivity contribution in [2.75, 3.05) is 18.4 Å². The Kier molecular flexibility index (Phi) is 5.16. The molecular formula is C20H25N3O. The molecule has 4 heteroatoms. The molecule has 0 aliphatic carbocycles. The van der Waals surface area contributed by atoms with Crippen LogP contribution in [0.3, 0.4) is 0 Å². The molecule has 3 rings (SSSR count). The minimum Gasteiger partial charge on any atom is -0.382 e. The molecule has 3 N–H and O–H groups in total. The molecule has 1 aliphatic heterocycles. The van der Waals surface area contributed by atoms with Crippen LogP contribution in [0.25, 0.3) is 0 Å². The van der Waals surface area contributed by atoms with Gasteiger partial charge in [-0.1, -0.05) is 42.5 Å². The highest BCUT2D eigenvalue weighted by Crippen LogP contribution is 2.20. The Morgan fingerprint density at radius 3 is 2.50 bits per heavy atom. The third-order valence-corrected chi connectivity index (χ3v) is 4.62. The van der Waals surface area contributed by atoms with Gasteiger partial charge < -0.3 is 16.0 Å². The third kappa shape index (κ3) is 3.95. The lowest BCUT2D eigenvalue weighted by Gasteiger charge is -2.34. The van der Waals surface area contributed by atoms with Crippen molar-refractivity contribution in [1.29, 1.82) is 0 Å². The number of benzene rings is 2. The summed E-state index contributed by atoms with van der Waals surface area (Å²) in [5.41, 5.74) is 9.42. The Hall–Kier alpha value is -2.33. The molecule has 0 radical (unpaired) electrons. The molecule has 1 atom stereocenters. The largest absolute Gasteiger partial charge is 0.382 e. The van der Waals surface area contributed by atoms with Crippen LogP contribution >= 0.6 is 0 Å². The Labute approximate surface area is 143 Å². The highest BCUT2D eigenvalue weighted by molar-refractivity contribution is 5.83. The van der Waals surface area contributed by atoms with Gasteiger partial charge in [0.1, 0.15) is 6.04 Å². The maximum Gasteiger partial charge on any atom is 0.244 e. The second-order valence-electron chi connectivity index (χ2n) is 6.50. The number of carbonyl (C=O) groups excluding carboxylic acids is 1. The average molecular weight is 323 g/mol. The van der Waals surface area contributed by atoms with E-state index in [-0.39, 0.29) is 5.91 Å². The van der Waals surface area contributed by atoms with E-state index in [1.165, 1.54) is 5.56 Å². The fraction of sp³-hybridized carbons (Fsp3) is 0.350. The predicted molar refractivity (Wildman–Crippen MR) is 97.8 cm³/mol. The van der Waals surface area contributed by atoms with Gasteiger partial charge in [-0.3, -0.25) is 4.79 Å². The normalized spacial score (nSPS) is 16.7. The van der Waals surface area contributed by atoms with Gasteiger partial charge in [-0.15, -0.1) is 0 Å². The van der Waals surface area contributed by atoms with E-state index in [4.69, 9.17) is 5.73 Å². The van der Waals surface area contributed by atoms with E-state index in [0.717, 1.165) is 37.2 Å². The molecule has 4 nitrogen and oxygen atoms in total. The number of nitrogens with one attached hydrogen (secondary N) is 1. The van der Waals surface area contributed by atoms with Crippen LogP contribution in [0.15, 0.2) is 54.6 Å². The molecule has 1 saturated heterocycles.